The third-order valence-electron chi connectivity index (χ3n) is 2.42. The summed E-state index contributed by atoms with van der Waals surface area (Å²) in [6.07, 6.45) is 4.07. The van der Waals surface area contributed by atoms with Gasteiger partial charge in [0.15, 0.2) is 0 Å². The second kappa shape index (κ2) is 5.99. The van der Waals surface area contributed by atoms with Crippen LogP contribution in [0, 0.1) is 0 Å². The molecule has 1 aromatic rings. The minimum Gasteiger partial charge on any atom is -0.324 e. The van der Waals surface area contributed by atoms with Crippen molar-refractivity contribution in [2.75, 3.05) is 6.26 Å². The Hall–Kier alpha value is -0.730. The molecule has 0 aliphatic rings. The molecule has 0 fully saturated rings. The van der Waals surface area contributed by atoms with Gasteiger partial charge in [0.05, 0.1) is 0 Å². The largest absolute Gasteiger partial charge is 0.324 e. The van der Waals surface area contributed by atoms with Crippen molar-refractivity contribution in [2.24, 2.45) is 5.73 Å². The molecule has 0 heterocycles. The lowest BCUT2D eigenvalue weighted by molar-refractivity contribution is 0.639. The Balaban J connectivity index is 2.72. The highest BCUT2D eigenvalue weighted by atomic mass is 32.2. The summed E-state index contributed by atoms with van der Waals surface area (Å²) in [6.45, 7) is 5.95. The number of allylic oxidation sites excluding steroid dienone is 1. The first-order valence-electron chi connectivity index (χ1n) is 5.18. The molecule has 1 nitrogen and oxygen atoms in total. The standard InChI is InChI=1S/C13H19NS/c1-10(2)8-9-12(14)11-6-4-5-7-13(11)15-3/h4-7,12H,1,8-9,14H2,2-3H3. The van der Waals surface area contributed by atoms with Gasteiger partial charge < -0.3 is 5.73 Å². The van der Waals surface area contributed by atoms with Crippen LogP contribution in [0.5, 0.6) is 0 Å². The molecule has 0 aliphatic heterocycles. The number of hydrogen-bond donors (Lipinski definition) is 1. The Morgan fingerprint density at radius 2 is 2.13 bits per heavy atom. The van der Waals surface area contributed by atoms with Gasteiger partial charge in [0, 0.05) is 10.9 Å². The Bertz CT molecular complexity index is 333. The molecule has 0 saturated carbocycles. The summed E-state index contributed by atoms with van der Waals surface area (Å²) in [5.41, 5.74) is 8.62. The minimum absolute atomic E-state index is 0.130. The van der Waals surface area contributed by atoms with Gasteiger partial charge in [-0.2, -0.15) is 0 Å². The monoisotopic (exact) mass is 221 g/mol. The van der Waals surface area contributed by atoms with Gasteiger partial charge in [-0.1, -0.05) is 23.8 Å². The first-order valence-corrected chi connectivity index (χ1v) is 6.40. The summed E-state index contributed by atoms with van der Waals surface area (Å²) in [4.78, 5) is 1.28. The van der Waals surface area contributed by atoms with Crippen molar-refractivity contribution in [3.63, 3.8) is 0 Å². The highest BCUT2D eigenvalue weighted by Crippen LogP contribution is 2.27. The molecule has 1 rings (SSSR count). The topological polar surface area (TPSA) is 26.0 Å². The fourth-order valence-corrected chi connectivity index (χ4v) is 2.20. The molecule has 0 spiro atoms. The van der Waals surface area contributed by atoms with Gasteiger partial charge in [0.2, 0.25) is 0 Å². The average Bonchev–Trinajstić information content (AvgIpc) is 2.25. The van der Waals surface area contributed by atoms with E-state index in [0.29, 0.717) is 0 Å². The zero-order chi connectivity index (χ0) is 11.3. The summed E-state index contributed by atoms with van der Waals surface area (Å²) in [7, 11) is 0. The van der Waals surface area contributed by atoms with Crippen LogP contribution in [0.1, 0.15) is 31.4 Å². The number of nitrogens with two attached hydrogens (primary N) is 1. The Kier molecular flexibility index (Phi) is 4.92. The summed E-state index contributed by atoms with van der Waals surface area (Å²) in [5.74, 6) is 0. The van der Waals surface area contributed by atoms with Gasteiger partial charge in [-0.15, -0.1) is 18.3 Å². The van der Waals surface area contributed by atoms with Crippen molar-refractivity contribution < 1.29 is 0 Å². The van der Waals surface area contributed by atoms with Crippen LogP contribution >= 0.6 is 11.8 Å². The van der Waals surface area contributed by atoms with E-state index >= 15 is 0 Å². The fourth-order valence-electron chi connectivity index (χ4n) is 1.53. The number of benzene rings is 1. The predicted molar refractivity (Wildman–Crippen MR) is 69.2 cm³/mol. The summed E-state index contributed by atoms with van der Waals surface area (Å²) >= 11 is 1.76. The third kappa shape index (κ3) is 3.73. The van der Waals surface area contributed by atoms with Gasteiger partial charge in [-0.3, -0.25) is 0 Å². The maximum absolute atomic E-state index is 6.17. The molecule has 0 aromatic heterocycles. The van der Waals surface area contributed by atoms with Gasteiger partial charge in [0.1, 0.15) is 0 Å². The third-order valence-corrected chi connectivity index (χ3v) is 3.23. The highest BCUT2D eigenvalue weighted by molar-refractivity contribution is 7.98. The highest BCUT2D eigenvalue weighted by Gasteiger charge is 2.09. The molecule has 0 aliphatic carbocycles. The van der Waals surface area contributed by atoms with Gasteiger partial charge in [-0.25, -0.2) is 0 Å². The van der Waals surface area contributed by atoms with Crippen LogP contribution in [-0.4, -0.2) is 6.26 Å². The number of thioether (sulfide) groups is 1. The van der Waals surface area contributed by atoms with E-state index in [4.69, 9.17) is 5.73 Å². The first kappa shape index (κ1) is 12.3. The Morgan fingerprint density at radius 3 is 2.73 bits per heavy atom. The van der Waals surface area contributed by atoms with Crippen LogP contribution in [0.4, 0.5) is 0 Å². The van der Waals surface area contributed by atoms with Crippen molar-refractivity contribution in [1.82, 2.24) is 0 Å². The van der Waals surface area contributed by atoms with Gasteiger partial charge in [-0.05, 0) is 37.7 Å². The molecule has 0 saturated heterocycles. The maximum atomic E-state index is 6.17. The second-order valence-corrected chi connectivity index (χ2v) is 4.69. The molecule has 1 unspecified atom stereocenters. The van der Waals surface area contributed by atoms with E-state index in [1.165, 1.54) is 16.0 Å². The Labute approximate surface area is 96.8 Å². The maximum Gasteiger partial charge on any atom is 0.0309 e. The number of hydrogen-bond acceptors (Lipinski definition) is 2. The summed E-state index contributed by atoms with van der Waals surface area (Å²) in [5, 5.41) is 0. The summed E-state index contributed by atoms with van der Waals surface area (Å²) in [6, 6.07) is 8.48. The van der Waals surface area contributed by atoms with E-state index in [0.717, 1.165) is 12.8 Å². The average molecular weight is 221 g/mol. The molecule has 1 aromatic carbocycles. The van der Waals surface area contributed by atoms with E-state index in [1.54, 1.807) is 11.8 Å². The van der Waals surface area contributed by atoms with Crippen molar-refractivity contribution in [2.45, 2.75) is 30.7 Å². The second-order valence-electron chi connectivity index (χ2n) is 3.84. The molecule has 2 heteroatoms. The van der Waals surface area contributed by atoms with Crippen molar-refractivity contribution in [3.05, 3.63) is 42.0 Å². The van der Waals surface area contributed by atoms with Crippen LogP contribution < -0.4 is 5.73 Å². The van der Waals surface area contributed by atoms with E-state index in [2.05, 4.69) is 37.1 Å². The number of rotatable bonds is 5. The lowest BCUT2D eigenvalue weighted by Gasteiger charge is -2.15. The fraction of sp³-hybridized carbons (Fsp3) is 0.385. The van der Waals surface area contributed by atoms with E-state index < -0.39 is 0 Å². The first-order chi connectivity index (χ1) is 7.15. The van der Waals surface area contributed by atoms with Gasteiger partial charge in [0.25, 0.3) is 0 Å². The van der Waals surface area contributed by atoms with Crippen molar-refractivity contribution >= 4 is 11.8 Å². The molecule has 0 radical (unpaired) electrons. The van der Waals surface area contributed by atoms with Crippen LogP contribution in [0.2, 0.25) is 0 Å². The van der Waals surface area contributed by atoms with Crippen LogP contribution in [-0.2, 0) is 0 Å². The lowest BCUT2D eigenvalue weighted by atomic mass is 10.0. The van der Waals surface area contributed by atoms with Crippen LogP contribution in [0.3, 0.4) is 0 Å². The zero-order valence-corrected chi connectivity index (χ0v) is 10.3. The van der Waals surface area contributed by atoms with Crippen molar-refractivity contribution in [3.8, 4) is 0 Å². The van der Waals surface area contributed by atoms with E-state index in [-0.39, 0.29) is 6.04 Å². The zero-order valence-electron chi connectivity index (χ0n) is 9.49. The molecule has 0 amide bonds. The van der Waals surface area contributed by atoms with E-state index in [1.807, 2.05) is 6.92 Å². The van der Waals surface area contributed by atoms with Gasteiger partial charge >= 0.3 is 0 Å². The predicted octanol–water partition coefficient (Wildman–Crippen LogP) is 3.76. The van der Waals surface area contributed by atoms with Crippen LogP contribution in [0.25, 0.3) is 0 Å². The van der Waals surface area contributed by atoms with Crippen molar-refractivity contribution in [1.29, 1.82) is 0 Å². The summed E-state index contributed by atoms with van der Waals surface area (Å²) < 4.78 is 0. The normalized spacial score (nSPS) is 12.5. The molecule has 0 bridgehead atoms. The van der Waals surface area contributed by atoms with E-state index in [9.17, 15) is 0 Å². The quantitative estimate of drug-likeness (QED) is 0.605. The molecule has 15 heavy (non-hydrogen) atoms. The molecule has 82 valence electrons. The minimum atomic E-state index is 0.130. The Morgan fingerprint density at radius 1 is 1.47 bits per heavy atom. The lowest BCUT2D eigenvalue weighted by Crippen LogP contribution is -2.11. The molecule has 1 atom stereocenters. The molecular formula is C13H19NS. The molecular weight excluding hydrogens is 202 g/mol. The SMILES string of the molecule is C=C(C)CCC(N)c1ccccc1SC. The molecule has 2 N–H and O–H groups in total. The van der Waals surface area contributed by atoms with Crippen LogP contribution in [0.15, 0.2) is 41.3 Å². The smallest absolute Gasteiger partial charge is 0.0309 e.